The van der Waals surface area contributed by atoms with Gasteiger partial charge in [-0.3, -0.25) is 0 Å². The van der Waals surface area contributed by atoms with Gasteiger partial charge in [-0.2, -0.15) is 5.26 Å². The first-order chi connectivity index (χ1) is 12.7. The molecule has 1 saturated carbocycles. The lowest BCUT2D eigenvalue weighted by Gasteiger charge is -2.59. The molecule has 2 spiro atoms. The Kier molecular flexibility index (Phi) is 2.82. The predicted molar refractivity (Wildman–Crippen MR) is 90.9 cm³/mol. The summed E-state index contributed by atoms with van der Waals surface area (Å²) in [5, 5.41) is 9.68. The second kappa shape index (κ2) is 4.85. The number of hydrogen-bond donors (Lipinski definition) is 0. The van der Waals surface area contributed by atoms with Gasteiger partial charge in [0, 0.05) is 30.0 Å². The fourth-order valence-electron chi connectivity index (χ4n) is 6.56. The van der Waals surface area contributed by atoms with Gasteiger partial charge in [0.05, 0.1) is 20.3 Å². The van der Waals surface area contributed by atoms with Crippen molar-refractivity contribution in [3.63, 3.8) is 0 Å². The van der Waals surface area contributed by atoms with Crippen LogP contribution < -0.4 is 9.47 Å². The molecule has 1 aromatic carbocycles. The highest BCUT2D eigenvalue weighted by atomic mass is 16.8. The number of nitriles is 1. The van der Waals surface area contributed by atoms with E-state index in [-0.39, 0.29) is 17.6 Å². The minimum atomic E-state index is -0.658. The molecule has 0 aromatic heterocycles. The molecule has 2 bridgehead atoms. The van der Waals surface area contributed by atoms with Gasteiger partial charge in [-0.15, -0.1) is 0 Å². The molecule has 0 amide bonds. The summed E-state index contributed by atoms with van der Waals surface area (Å²) in [7, 11) is 1.70. The highest BCUT2D eigenvalue weighted by Crippen LogP contribution is 2.66. The van der Waals surface area contributed by atoms with Crippen LogP contribution in [0.5, 0.6) is 11.5 Å². The molecule has 3 heterocycles. The predicted octanol–water partition coefficient (Wildman–Crippen LogP) is 1.96. The van der Waals surface area contributed by atoms with Gasteiger partial charge in [0.1, 0.15) is 0 Å². The van der Waals surface area contributed by atoms with E-state index in [1.165, 1.54) is 11.1 Å². The molecule has 2 saturated heterocycles. The van der Waals surface area contributed by atoms with Gasteiger partial charge in [0.15, 0.2) is 23.8 Å². The fourth-order valence-corrected chi connectivity index (χ4v) is 6.56. The number of hydrogen-bond acceptors (Lipinski definition) is 6. The molecule has 6 nitrogen and oxygen atoms in total. The molecule has 136 valence electrons. The van der Waals surface area contributed by atoms with Crippen LogP contribution in [0.1, 0.15) is 30.4 Å². The fraction of sp³-hybridized carbons (Fsp3) is 0.650. The lowest BCUT2D eigenvalue weighted by atomic mass is 9.50. The summed E-state index contributed by atoms with van der Waals surface area (Å²) in [6, 6.07) is 4.40. The van der Waals surface area contributed by atoms with E-state index in [1.54, 1.807) is 7.11 Å². The number of nitrogens with zero attached hydrogens (tertiary/aromatic N) is 2. The molecular weight excluding hydrogens is 332 g/mol. The van der Waals surface area contributed by atoms with E-state index < -0.39 is 5.79 Å². The summed E-state index contributed by atoms with van der Waals surface area (Å²) in [6.45, 7) is 2.01. The van der Waals surface area contributed by atoms with E-state index in [0.717, 1.165) is 43.7 Å². The van der Waals surface area contributed by atoms with Crippen molar-refractivity contribution in [3.8, 4) is 17.7 Å². The molecule has 0 N–H and O–H groups in total. The minimum Gasteiger partial charge on any atom is -0.493 e. The Bertz CT molecular complexity index is 828. The van der Waals surface area contributed by atoms with Crippen LogP contribution in [0.15, 0.2) is 12.1 Å². The smallest absolute Gasteiger partial charge is 0.206 e. The van der Waals surface area contributed by atoms with Crippen LogP contribution >= 0.6 is 0 Å². The Balaban J connectivity index is 1.61. The third kappa shape index (κ3) is 1.52. The summed E-state index contributed by atoms with van der Waals surface area (Å²) < 4.78 is 24.6. The maximum absolute atomic E-state index is 9.68. The Labute approximate surface area is 152 Å². The third-order valence-corrected chi connectivity index (χ3v) is 7.43. The zero-order valence-electron chi connectivity index (χ0n) is 14.9. The molecule has 3 fully saturated rings. The van der Waals surface area contributed by atoms with Crippen molar-refractivity contribution in [2.75, 3.05) is 26.9 Å². The topological polar surface area (TPSA) is 64.0 Å². The molecule has 2 aliphatic carbocycles. The number of ether oxygens (including phenoxy) is 4. The summed E-state index contributed by atoms with van der Waals surface area (Å²) in [5.74, 6) is 1.40. The molecule has 26 heavy (non-hydrogen) atoms. The van der Waals surface area contributed by atoms with Crippen molar-refractivity contribution in [1.82, 2.24) is 4.90 Å². The molecule has 1 aromatic rings. The third-order valence-electron chi connectivity index (χ3n) is 7.43. The van der Waals surface area contributed by atoms with E-state index in [0.29, 0.717) is 19.1 Å². The average molecular weight is 354 g/mol. The number of methoxy groups -OCH3 is 1. The van der Waals surface area contributed by atoms with Crippen molar-refractivity contribution in [1.29, 1.82) is 5.26 Å². The van der Waals surface area contributed by atoms with Crippen LogP contribution in [0.25, 0.3) is 0 Å². The first-order valence-electron chi connectivity index (χ1n) is 9.55. The zero-order valence-corrected chi connectivity index (χ0v) is 14.9. The lowest BCUT2D eigenvalue weighted by Crippen LogP contribution is -2.69. The standard InChI is InChI=1S/C20H22N2O4/c1-23-15-3-2-12-10-14-13-4-5-20(24-8-9-25-20)18-19(13,6-7-22(14)11-21)16(12)17(15)26-18/h2-3,13-14,18H,4-10H2,1H3/t13-,14+,18+,19-/m0/s1. The van der Waals surface area contributed by atoms with Crippen molar-refractivity contribution in [2.45, 2.75) is 49.0 Å². The lowest BCUT2D eigenvalue weighted by molar-refractivity contribution is -0.260. The minimum absolute atomic E-state index is 0.141. The largest absolute Gasteiger partial charge is 0.493 e. The first kappa shape index (κ1) is 15.1. The second-order valence-electron chi connectivity index (χ2n) is 8.14. The normalized spacial score (nSPS) is 37.8. The second-order valence-corrected chi connectivity index (χ2v) is 8.14. The quantitative estimate of drug-likeness (QED) is 0.719. The average Bonchev–Trinajstić information content (AvgIpc) is 3.26. The van der Waals surface area contributed by atoms with Crippen LogP contribution in [0.3, 0.4) is 0 Å². The number of likely N-dealkylation sites (tertiary alicyclic amines) is 1. The van der Waals surface area contributed by atoms with Gasteiger partial charge < -0.3 is 23.8 Å². The summed E-state index contributed by atoms with van der Waals surface area (Å²) in [5.41, 5.74) is 2.45. The van der Waals surface area contributed by atoms with Gasteiger partial charge in [-0.1, -0.05) is 6.07 Å². The Morgan fingerprint density at radius 2 is 2.12 bits per heavy atom. The van der Waals surface area contributed by atoms with E-state index in [9.17, 15) is 5.26 Å². The summed E-state index contributed by atoms with van der Waals surface area (Å²) >= 11 is 0. The number of benzene rings is 1. The Hall–Kier alpha value is -1.97. The molecule has 4 atom stereocenters. The molecule has 0 radical (unpaired) electrons. The molecule has 5 aliphatic rings. The van der Waals surface area contributed by atoms with Gasteiger partial charge in [-0.25, -0.2) is 0 Å². The molecule has 0 unspecified atom stereocenters. The van der Waals surface area contributed by atoms with Gasteiger partial charge in [-0.05, 0) is 36.8 Å². The summed E-state index contributed by atoms with van der Waals surface area (Å²) in [6.07, 6.45) is 5.90. The van der Waals surface area contributed by atoms with Crippen LogP contribution in [0.4, 0.5) is 0 Å². The van der Waals surface area contributed by atoms with Gasteiger partial charge >= 0.3 is 0 Å². The van der Waals surface area contributed by atoms with Crippen molar-refractivity contribution in [3.05, 3.63) is 23.3 Å². The van der Waals surface area contributed by atoms with Crippen molar-refractivity contribution in [2.24, 2.45) is 5.92 Å². The molecular formula is C20H22N2O4. The highest BCUT2D eigenvalue weighted by Gasteiger charge is 2.71. The maximum atomic E-state index is 9.68. The summed E-state index contributed by atoms with van der Waals surface area (Å²) in [4.78, 5) is 1.99. The molecule has 3 aliphatic heterocycles. The first-order valence-corrected chi connectivity index (χ1v) is 9.55. The van der Waals surface area contributed by atoms with Crippen molar-refractivity contribution < 1.29 is 18.9 Å². The Morgan fingerprint density at radius 3 is 2.88 bits per heavy atom. The maximum Gasteiger partial charge on any atom is 0.206 e. The van der Waals surface area contributed by atoms with Crippen molar-refractivity contribution >= 4 is 0 Å². The number of rotatable bonds is 1. The number of piperidine rings is 1. The zero-order chi connectivity index (χ0) is 17.5. The van der Waals surface area contributed by atoms with E-state index in [1.807, 2.05) is 11.0 Å². The van der Waals surface area contributed by atoms with Crippen LogP contribution in [0, 0.1) is 17.4 Å². The number of fused-ring (bicyclic) bond motifs is 1. The SMILES string of the molecule is COc1ccc2c3c1O[C@H]1C4(CC[C@H]5[C@@H](C2)N(C#N)CC[C@@]351)OCCO4. The van der Waals surface area contributed by atoms with Gasteiger partial charge in [0.2, 0.25) is 5.79 Å². The van der Waals surface area contributed by atoms with Crippen LogP contribution in [0.2, 0.25) is 0 Å². The van der Waals surface area contributed by atoms with Crippen LogP contribution in [-0.4, -0.2) is 49.7 Å². The monoisotopic (exact) mass is 354 g/mol. The van der Waals surface area contributed by atoms with Gasteiger partial charge in [0.25, 0.3) is 0 Å². The van der Waals surface area contributed by atoms with E-state index >= 15 is 0 Å². The highest BCUT2D eigenvalue weighted by molar-refractivity contribution is 5.61. The van der Waals surface area contributed by atoms with Crippen LogP contribution in [-0.2, 0) is 21.3 Å². The molecule has 6 rings (SSSR count). The Morgan fingerprint density at radius 1 is 1.27 bits per heavy atom. The molecule has 6 heteroatoms. The van der Waals surface area contributed by atoms with E-state index in [4.69, 9.17) is 18.9 Å². The van der Waals surface area contributed by atoms with E-state index in [2.05, 4.69) is 12.3 Å².